The highest BCUT2D eigenvalue weighted by molar-refractivity contribution is 5.71. The van der Waals surface area contributed by atoms with Crippen molar-refractivity contribution in [1.82, 2.24) is 15.2 Å². The van der Waals surface area contributed by atoms with Crippen molar-refractivity contribution in [2.24, 2.45) is 0 Å². The number of pyridine rings is 1. The van der Waals surface area contributed by atoms with Gasteiger partial charge in [-0.15, -0.1) is 10.2 Å². The molecule has 3 N–H and O–H groups in total. The molecule has 2 aromatic rings. The van der Waals surface area contributed by atoms with Crippen LogP contribution in [0.5, 0.6) is 0 Å². The van der Waals surface area contributed by atoms with Crippen LogP contribution in [0.25, 0.3) is 11.6 Å². The third-order valence-corrected chi connectivity index (χ3v) is 7.78. The topological polar surface area (TPSA) is 101 Å². The number of fused-ring (bicyclic) bond motifs is 7. The highest BCUT2D eigenvalue weighted by Gasteiger charge is 2.58. The number of hydrogen-bond acceptors (Lipinski definition) is 7. The molecule has 0 aromatic carbocycles. The number of nitrogens with two attached hydrogens (primary N) is 1. The van der Waals surface area contributed by atoms with Crippen molar-refractivity contribution in [3.8, 4) is 11.6 Å². The quantitative estimate of drug-likeness (QED) is 0.561. The van der Waals surface area contributed by atoms with E-state index in [1.165, 1.54) is 6.42 Å². The molecule has 5 rings (SSSR count). The second kappa shape index (κ2) is 9.02. The summed E-state index contributed by atoms with van der Waals surface area (Å²) in [6, 6.07) is 2.20. The van der Waals surface area contributed by atoms with E-state index in [-0.39, 0.29) is 24.0 Å². The van der Waals surface area contributed by atoms with Crippen molar-refractivity contribution in [2.75, 3.05) is 17.2 Å². The highest BCUT2D eigenvalue weighted by atomic mass is 19.4. The number of aromatic nitrogens is 3. The third-order valence-electron chi connectivity index (χ3n) is 7.78. The van der Waals surface area contributed by atoms with Crippen LogP contribution >= 0.6 is 0 Å². The molecule has 1 aliphatic carbocycles. The van der Waals surface area contributed by atoms with Crippen molar-refractivity contribution in [2.45, 2.75) is 101 Å². The van der Waals surface area contributed by atoms with Crippen LogP contribution in [0.4, 0.5) is 24.7 Å². The van der Waals surface area contributed by atoms with Gasteiger partial charge in [-0.25, -0.2) is 4.98 Å². The van der Waals surface area contributed by atoms with Crippen molar-refractivity contribution >= 4 is 11.5 Å². The van der Waals surface area contributed by atoms with Crippen LogP contribution in [0.1, 0.15) is 94.4 Å². The van der Waals surface area contributed by atoms with Gasteiger partial charge in [0.05, 0.1) is 5.69 Å². The number of rotatable bonds is 1. The molecule has 4 bridgehead atoms. The number of aliphatic hydroxyl groups is 1. The number of anilines is 2. The summed E-state index contributed by atoms with van der Waals surface area (Å²) in [4.78, 5) is 7.24. The van der Waals surface area contributed by atoms with Crippen molar-refractivity contribution in [3.63, 3.8) is 0 Å². The monoisotopic (exact) mass is 479 g/mol. The Morgan fingerprint density at radius 3 is 2.47 bits per heavy atom. The van der Waals surface area contributed by atoms with Crippen molar-refractivity contribution < 1.29 is 22.7 Å². The third kappa shape index (κ3) is 4.14. The molecule has 4 heterocycles. The number of hydrogen-bond donors (Lipinski definition) is 2. The first kappa shape index (κ1) is 23.4. The van der Waals surface area contributed by atoms with E-state index in [1.807, 2.05) is 6.07 Å². The van der Waals surface area contributed by atoms with E-state index in [2.05, 4.69) is 15.1 Å². The van der Waals surface area contributed by atoms with Gasteiger partial charge in [0, 0.05) is 12.6 Å². The molecule has 1 saturated carbocycles. The lowest BCUT2D eigenvalue weighted by molar-refractivity contribution is -0.277. The van der Waals surface area contributed by atoms with Crippen LogP contribution in [0, 0.1) is 0 Å². The molecule has 1 unspecified atom stereocenters. The summed E-state index contributed by atoms with van der Waals surface area (Å²) >= 11 is 0. The summed E-state index contributed by atoms with van der Waals surface area (Å²) in [5.41, 5.74) is 4.78. The van der Waals surface area contributed by atoms with Crippen LogP contribution in [-0.2, 0) is 5.60 Å². The highest BCUT2D eigenvalue weighted by Crippen LogP contribution is 2.45. The van der Waals surface area contributed by atoms with Crippen LogP contribution < -0.4 is 10.6 Å². The Balaban J connectivity index is 1.64. The van der Waals surface area contributed by atoms with Gasteiger partial charge in [-0.05, 0) is 62.5 Å². The minimum Gasteiger partial charge on any atom is -0.416 e. The first-order valence-electron chi connectivity index (χ1n) is 12.5. The molecule has 34 heavy (non-hydrogen) atoms. The zero-order chi connectivity index (χ0) is 23.9. The zero-order valence-electron chi connectivity index (χ0n) is 19.3. The Bertz CT molecular complexity index is 1020. The lowest BCUT2D eigenvalue weighted by Crippen LogP contribution is -2.42. The van der Waals surface area contributed by atoms with Gasteiger partial charge >= 0.3 is 6.18 Å². The predicted molar refractivity (Wildman–Crippen MR) is 121 cm³/mol. The Labute approximate surface area is 196 Å². The van der Waals surface area contributed by atoms with E-state index in [1.54, 1.807) is 0 Å². The Morgan fingerprint density at radius 2 is 1.71 bits per heavy atom. The Morgan fingerprint density at radius 1 is 1.00 bits per heavy atom. The summed E-state index contributed by atoms with van der Waals surface area (Å²) in [7, 11) is 0. The van der Waals surface area contributed by atoms with Gasteiger partial charge in [0.25, 0.3) is 11.8 Å². The molecule has 2 fully saturated rings. The normalized spacial score (nSPS) is 26.8. The fourth-order valence-corrected chi connectivity index (χ4v) is 5.86. The van der Waals surface area contributed by atoms with Crippen LogP contribution in [0.3, 0.4) is 0 Å². The molecular weight excluding hydrogens is 447 g/mol. The van der Waals surface area contributed by atoms with Crippen LogP contribution in [-0.4, -0.2) is 39.1 Å². The zero-order valence-corrected chi connectivity index (χ0v) is 19.3. The number of alkyl halides is 3. The van der Waals surface area contributed by atoms with E-state index in [9.17, 15) is 18.3 Å². The minimum absolute atomic E-state index is 0.181. The molecule has 3 aliphatic rings. The molecule has 0 radical (unpaired) electrons. The van der Waals surface area contributed by atoms with E-state index < -0.39 is 24.1 Å². The van der Waals surface area contributed by atoms with Gasteiger partial charge in [0.15, 0.2) is 5.69 Å². The first-order chi connectivity index (χ1) is 16.3. The largest absolute Gasteiger partial charge is 0.426 e. The molecular formula is C24H32F3N5O2. The smallest absolute Gasteiger partial charge is 0.416 e. The second-order valence-corrected chi connectivity index (χ2v) is 10.0. The molecule has 0 spiro atoms. The van der Waals surface area contributed by atoms with Gasteiger partial charge in [-0.3, -0.25) is 0 Å². The lowest BCUT2D eigenvalue weighted by Gasteiger charge is -2.32. The van der Waals surface area contributed by atoms with E-state index in [0.717, 1.165) is 69.3 Å². The maximum atomic E-state index is 13.9. The maximum absolute atomic E-state index is 13.9. The summed E-state index contributed by atoms with van der Waals surface area (Å²) in [6.07, 6.45) is 4.79. The standard InChI is InChI=1S/C24H32F3N5O2/c25-24(26,27)23(33)12-6-2-5-10-16-11-7-13-32(16)20-17(15-8-3-1-4-9-15)14-18(28)19(29-20)21-30-31-22(23)34-21/h14-16,33H,1-13,28H2/t16-,23?/m1/s1. The maximum Gasteiger partial charge on any atom is 0.426 e. The van der Waals surface area contributed by atoms with E-state index in [4.69, 9.17) is 15.1 Å². The van der Waals surface area contributed by atoms with E-state index in [0.29, 0.717) is 18.0 Å². The van der Waals surface area contributed by atoms with Gasteiger partial charge < -0.3 is 20.2 Å². The number of nitrogens with zero attached hydrogens (tertiary/aromatic N) is 4. The fourth-order valence-electron chi connectivity index (χ4n) is 5.86. The SMILES string of the molecule is Nc1cc(C2CCCCC2)c2nc1-c1nnc(o1)C(O)(C(F)(F)F)CCCCC[C@@H]1CCCN21. The van der Waals surface area contributed by atoms with E-state index >= 15 is 0 Å². The molecule has 2 atom stereocenters. The van der Waals surface area contributed by atoms with Crippen LogP contribution in [0.2, 0.25) is 0 Å². The number of halogens is 3. The fraction of sp³-hybridized carbons (Fsp3) is 0.708. The summed E-state index contributed by atoms with van der Waals surface area (Å²) in [5.74, 6) is 0.160. The Kier molecular flexibility index (Phi) is 6.20. The molecule has 0 amide bonds. The minimum atomic E-state index is -4.94. The molecule has 10 heteroatoms. The Hall–Kier alpha value is -2.36. The summed E-state index contributed by atoms with van der Waals surface area (Å²) < 4.78 is 47.1. The van der Waals surface area contributed by atoms with Crippen LogP contribution in [0.15, 0.2) is 10.5 Å². The average Bonchev–Trinajstić information content (AvgIpc) is 3.48. The summed E-state index contributed by atoms with van der Waals surface area (Å²) in [5, 5.41) is 18.0. The van der Waals surface area contributed by atoms with Crippen molar-refractivity contribution in [3.05, 3.63) is 17.5 Å². The predicted octanol–water partition coefficient (Wildman–Crippen LogP) is 5.44. The molecule has 186 valence electrons. The molecule has 1 saturated heterocycles. The van der Waals surface area contributed by atoms with Gasteiger partial charge in [-0.2, -0.15) is 13.2 Å². The van der Waals surface area contributed by atoms with Gasteiger partial charge in [0.2, 0.25) is 5.60 Å². The average molecular weight is 480 g/mol. The van der Waals surface area contributed by atoms with Gasteiger partial charge in [0.1, 0.15) is 5.82 Å². The van der Waals surface area contributed by atoms with Crippen molar-refractivity contribution in [1.29, 1.82) is 0 Å². The van der Waals surface area contributed by atoms with Gasteiger partial charge in [-0.1, -0.05) is 32.1 Å². The number of nitrogen functional groups attached to an aromatic ring is 1. The lowest BCUT2D eigenvalue weighted by atomic mass is 9.83. The first-order valence-corrected chi connectivity index (χ1v) is 12.5. The summed E-state index contributed by atoms with van der Waals surface area (Å²) in [6.45, 7) is 0.893. The molecule has 2 aliphatic heterocycles. The molecule has 2 aromatic heterocycles. The second-order valence-electron chi connectivity index (χ2n) is 10.0. The molecule has 7 nitrogen and oxygen atoms in total.